The molecule has 0 bridgehead atoms. The second-order valence-corrected chi connectivity index (χ2v) is 6.26. The molecule has 1 aromatic heterocycles. The highest BCUT2D eigenvalue weighted by atomic mass is 35.5. The van der Waals surface area contributed by atoms with Gasteiger partial charge in [0.05, 0.1) is 18.8 Å². The van der Waals surface area contributed by atoms with Gasteiger partial charge in [-0.1, -0.05) is 11.6 Å². The number of aromatic nitrogens is 1. The maximum absolute atomic E-state index is 13.4. The average Bonchev–Trinajstić information content (AvgIpc) is 2.72. The van der Waals surface area contributed by atoms with Crippen molar-refractivity contribution in [3.05, 3.63) is 28.8 Å². The Morgan fingerprint density at radius 1 is 1.52 bits per heavy atom. The van der Waals surface area contributed by atoms with Crippen LogP contribution < -0.4 is 0 Å². The zero-order valence-corrected chi connectivity index (χ0v) is 12.8. The summed E-state index contributed by atoms with van der Waals surface area (Å²) in [5, 5.41) is 0.0738. The first-order chi connectivity index (χ1) is 9.67. The van der Waals surface area contributed by atoms with Gasteiger partial charge in [0.25, 0.3) is 0 Å². The number of carbonyl (C=O) groups excluding carboxylic acids is 2. The van der Waals surface area contributed by atoms with Crippen LogP contribution in [0.5, 0.6) is 0 Å². The van der Waals surface area contributed by atoms with Crippen molar-refractivity contribution in [3.8, 4) is 0 Å². The predicted molar refractivity (Wildman–Crippen MR) is 74.5 cm³/mol. The Morgan fingerprint density at radius 2 is 2.19 bits per heavy atom. The van der Waals surface area contributed by atoms with Gasteiger partial charge < -0.3 is 4.74 Å². The minimum Gasteiger partial charge on any atom is -0.444 e. The van der Waals surface area contributed by atoms with Crippen LogP contribution in [0, 0.1) is 5.82 Å². The van der Waals surface area contributed by atoms with Crippen molar-refractivity contribution in [1.29, 1.82) is 0 Å². The van der Waals surface area contributed by atoms with E-state index in [0.717, 1.165) is 6.20 Å². The molecule has 0 N–H and O–H groups in total. The first kappa shape index (κ1) is 15.7. The van der Waals surface area contributed by atoms with Crippen molar-refractivity contribution >= 4 is 23.5 Å². The number of pyridine rings is 1. The molecule has 1 aromatic rings. The number of Topliss-reactive ketones (excluding diaryl/α,β-unsaturated/α-hetero) is 1. The zero-order valence-electron chi connectivity index (χ0n) is 12.0. The molecule has 2 rings (SSSR count). The summed E-state index contributed by atoms with van der Waals surface area (Å²) >= 11 is 5.96. The van der Waals surface area contributed by atoms with Crippen molar-refractivity contribution in [2.45, 2.75) is 38.8 Å². The highest BCUT2D eigenvalue weighted by Crippen LogP contribution is 2.34. The highest BCUT2D eigenvalue weighted by molar-refractivity contribution is 6.30. The van der Waals surface area contributed by atoms with Crippen LogP contribution in [0.3, 0.4) is 0 Å². The van der Waals surface area contributed by atoms with Crippen LogP contribution in [0.15, 0.2) is 12.3 Å². The van der Waals surface area contributed by atoms with Crippen molar-refractivity contribution in [3.63, 3.8) is 0 Å². The smallest absolute Gasteiger partial charge is 0.411 e. The van der Waals surface area contributed by atoms with Crippen LogP contribution in [0.25, 0.3) is 0 Å². The van der Waals surface area contributed by atoms with Gasteiger partial charge in [-0.05, 0) is 26.8 Å². The Morgan fingerprint density at radius 3 is 2.81 bits per heavy atom. The van der Waals surface area contributed by atoms with Crippen LogP contribution in [0.4, 0.5) is 9.18 Å². The zero-order chi connectivity index (χ0) is 15.8. The maximum atomic E-state index is 13.4. The number of nitrogens with zero attached hydrogens (tertiary/aromatic N) is 2. The number of rotatable bonds is 1. The molecule has 2 heterocycles. The minimum absolute atomic E-state index is 0.0735. The van der Waals surface area contributed by atoms with Crippen molar-refractivity contribution in [1.82, 2.24) is 9.88 Å². The third-order valence-corrected chi connectivity index (χ3v) is 3.28. The van der Waals surface area contributed by atoms with Gasteiger partial charge in [-0.15, -0.1) is 0 Å². The summed E-state index contributed by atoms with van der Waals surface area (Å²) in [6.07, 6.45) is 0.434. The van der Waals surface area contributed by atoms with E-state index in [1.807, 2.05) is 0 Å². The molecule has 1 aliphatic rings. The third kappa shape index (κ3) is 3.69. The molecule has 5 nitrogen and oxygen atoms in total. The molecule has 1 saturated heterocycles. The molecule has 1 fully saturated rings. The predicted octanol–water partition coefficient (Wildman–Crippen LogP) is 3.13. The Bertz CT molecular complexity index is 586. The molecule has 0 radical (unpaired) electrons. The number of ether oxygens (including phenoxy) is 1. The first-order valence-electron chi connectivity index (χ1n) is 6.49. The molecule has 0 saturated carbocycles. The standard InChI is InChI=1S/C14H16ClFN2O3/c1-14(2,3)21-13(20)18-7-9(19)5-11(18)10-4-8(16)6-17-12(10)15/h4,6,11H,5,7H2,1-3H3/t11-/m1/s1. The molecular formula is C14H16ClFN2O3. The number of carbonyl (C=O) groups is 2. The van der Waals surface area contributed by atoms with E-state index < -0.39 is 23.6 Å². The second kappa shape index (κ2) is 5.60. The summed E-state index contributed by atoms with van der Waals surface area (Å²) in [6, 6.07) is 0.540. The fourth-order valence-corrected chi connectivity index (χ4v) is 2.38. The summed E-state index contributed by atoms with van der Waals surface area (Å²) in [4.78, 5) is 28.9. The van der Waals surface area contributed by atoms with Gasteiger partial charge in [-0.3, -0.25) is 9.69 Å². The van der Waals surface area contributed by atoms with Crippen LogP contribution in [0.2, 0.25) is 5.15 Å². The molecular weight excluding hydrogens is 299 g/mol. The summed E-state index contributed by atoms with van der Waals surface area (Å²) in [6.45, 7) is 5.12. The van der Waals surface area contributed by atoms with Gasteiger partial charge >= 0.3 is 6.09 Å². The molecule has 0 aromatic carbocycles. The average molecular weight is 315 g/mol. The van der Waals surface area contributed by atoms with Gasteiger partial charge in [-0.2, -0.15) is 0 Å². The molecule has 1 aliphatic heterocycles. The fourth-order valence-electron chi connectivity index (χ4n) is 2.15. The van der Waals surface area contributed by atoms with Crippen LogP contribution in [0.1, 0.15) is 38.8 Å². The molecule has 0 spiro atoms. The van der Waals surface area contributed by atoms with E-state index in [0.29, 0.717) is 5.56 Å². The van der Waals surface area contributed by atoms with Crippen LogP contribution >= 0.6 is 11.6 Å². The third-order valence-electron chi connectivity index (χ3n) is 2.96. The van der Waals surface area contributed by atoms with Gasteiger partial charge in [0.15, 0.2) is 5.78 Å². The number of ketones is 1. The van der Waals surface area contributed by atoms with Gasteiger partial charge in [0, 0.05) is 12.0 Å². The molecule has 0 unspecified atom stereocenters. The lowest BCUT2D eigenvalue weighted by atomic mass is 10.1. The summed E-state index contributed by atoms with van der Waals surface area (Å²) in [7, 11) is 0. The van der Waals surface area contributed by atoms with Gasteiger partial charge in [0.1, 0.15) is 16.6 Å². The van der Waals surface area contributed by atoms with E-state index in [1.54, 1.807) is 20.8 Å². The Hall–Kier alpha value is -1.69. The minimum atomic E-state index is -0.683. The lowest BCUT2D eigenvalue weighted by Crippen LogP contribution is -2.37. The summed E-state index contributed by atoms with van der Waals surface area (Å²) in [5.41, 5.74) is -0.370. The van der Waals surface area contributed by atoms with E-state index in [4.69, 9.17) is 16.3 Å². The van der Waals surface area contributed by atoms with E-state index in [-0.39, 0.29) is 23.9 Å². The Kier molecular flexibility index (Phi) is 4.18. The largest absolute Gasteiger partial charge is 0.444 e. The monoisotopic (exact) mass is 314 g/mol. The lowest BCUT2D eigenvalue weighted by Gasteiger charge is -2.28. The molecule has 21 heavy (non-hydrogen) atoms. The molecule has 7 heteroatoms. The Labute approximate surface area is 127 Å². The van der Waals surface area contributed by atoms with E-state index in [9.17, 15) is 14.0 Å². The molecule has 114 valence electrons. The quantitative estimate of drug-likeness (QED) is 0.747. The number of halogens is 2. The van der Waals surface area contributed by atoms with E-state index >= 15 is 0 Å². The lowest BCUT2D eigenvalue weighted by molar-refractivity contribution is -0.117. The second-order valence-electron chi connectivity index (χ2n) is 5.90. The molecule has 0 aliphatic carbocycles. The number of hydrogen-bond acceptors (Lipinski definition) is 4. The number of hydrogen-bond donors (Lipinski definition) is 0. The topological polar surface area (TPSA) is 59.5 Å². The van der Waals surface area contributed by atoms with E-state index in [1.165, 1.54) is 11.0 Å². The first-order valence-corrected chi connectivity index (χ1v) is 6.87. The van der Waals surface area contributed by atoms with Gasteiger partial charge in [-0.25, -0.2) is 14.2 Å². The van der Waals surface area contributed by atoms with Crippen LogP contribution in [-0.2, 0) is 9.53 Å². The fraction of sp³-hybridized carbons (Fsp3) is 0.500. The molecule has 1 amide bonds. The normalized spacial score (nSPS) is 19.0. The highest BCUT2D eigenvalue weighted by Gasteiger charge is 2.38. The maximum Gasteiger partial charge on any atom is 0.411 e. The summed E-state index contributed by atoms with van der Waals surface area (Å²) < 4.78 is 18.6. The summed E-state index contributed by atoms with van der Waals surface area (Å²) in [5.74, 6) is -0.705. The number of amides is 1. The van der Waals surface area contributed by atoms with Crippen molar-refractivity contribution < 1.29 is 18.7 Å². The van der Waals surface area contributed by atoms with Crippen LogP contribution in [-0.4, -0.2) is 33.9 Å². The SMILES string of the molecule is CC(C)(C)OC(=O)N1CC(=O)C[C@@H]1c1cc(F)cnc1Cl. The van der Waals surface area contributed by atoms with E-state index in [2.05, 4.69) is 4.98 Å². The van der Waals surface area contributed by atoms with Crippen molar-refractivity contribution in [2.24, 2.45) is 0 Å². The Balaban J connectivity index is 2.30. The molecule has 1 atom stereocenters. The number of likely N-dealkylation sites (tertiary alicyclic amines) is 1. The van der Waals surface area contributed by atoms with Gasteiger partial charge in [0.2, 0.25) is 0 Å². The van der Waals surface area contributed by atoms with Crippen molar-refractivity contribution in [2.75, 3.05) is 6.54 Å².